The fourth-order valence-corrected chi connectivity index (χ4v) is 2.45. The highest BCUT2D eigenvalue weighted by atomic mass is 16.5. The molecule has 0 aliphatic rings. The first-order valence-electron chi connectivity index (χ1n) is 7.17. The van der Waals surface area contributed by atoms with E-state index in [9.17, 15) is 4.79 Å². The summed E-state index contributed by atoms with van der Waals surface area (Å²) in [6.45, 7) is 0.462. The quantitative estimate of drug-likeness (QED) is 0.786. The van der Waals surface area contributed by atoms with Gasteiger partial charge in [-0.05, 0) is 17.7 Å². The largest absolute Gasteiger partial charge is 0.492 e. The van der Waals surface area contributed by atoms with Crippen LogP contribution in [0.15, 0.2) is 53.3 Å². The second kappa shape index (κ2) is 6.44. The zero-order valence-electron chi connectivity index (χ0n) is 13.0. The van der Waals surface area contributed by atoms with Gasteiger partial charge in [-0.25, -0.2) is 0 Å². The Morgan fingerprint density at radius 1 is 0.957 bits per heavy atom. The summed E-state index contributed by atoms with van der Waals surface area (Å²) < 4.78 is 16.2. The molecule has 0 radical (unpaired) electrons. The van der Waals surface area contributed by atoms with E-state index >= 15 is 0 Å². The number of rotatable bonds is 5. The monoisotopic (exact) mass is 311 g/mol. The molecule has 0 unspecified atom stereocenters. The van der Waals surface area contributed by atoms with Crippen molar-refractivity contribution in [2.45, 2.75) is 6.61 Å². The molecule has 3 rings (SSSR count). The number of benzene rings is 2. The Kier molecular flexibility index (Phi) is 4.19. The number of H-pyrrole nitrogens is 1. The standard InChI is InChI=1S/C18H17NO4/c1-21-16-14-9-8-13(23-11-12-6-4-3-5-7-12)10-15(14)19-18(20)17(16)22-2/h3-10H,11H2,1-2H3,(H,19,20). The number of pyridine rings is 1. The number of methoxy groups -OCH3 is 2. The lowest BCUT2D eigenvalue weighted by Gasteiger charge is -2.11. The Labute approximate surface area is 133 Å². The smallest absolute Gasteiger partial charge is 0.294 e. The number of aromatic amines is 1. The average molecular weight is 311 g/mol. The Balaban J connectivity index is 1.94. The maximum atomic E-state index is 12.0. The number of hydrogen-bond donors (Lipinski definition) is 1. The minimum atomic E-state index is -0.336. The van der Waals surface area contributed by atoms with Crippen LogP contribution in [-0.2, 0) is 6.61 Å². The number of aromatic nitrogens is 1. The summed E-state index contributed by atoms with van der Waals surface area (Å²) >= 11 is 0. The highest BCUT2D eigenvalue weighted by Gasteiger charge is 2.14. The van der Waals surface area contributed by atoms with Gasteiger partial charge in [-0.2, -0.15) is 0 Å². The Morgan fingerprint density at radius 2 is 1.70 bits per heavy atom. The molecule has 0 saturated carbocycles. The average Bonchev–Trinajstić information content (AvgIpc) is 2.59. The molecular weight excluding hydrogens is 294 g/mol. The molecule has 2 aromatic carbocycles. The number of fused-ring (bicyclic) bond motifs is 1. The first kappa shape index (κ1) is 15.0. The van der Waals surface area contributed by atoms with Crippen molar-refractivity contribution < 1.29 is 14.2 Å². The number of nitrogens with one attached hydrogen (secondary N) is 1. The van der Waals surface area contributed by atoms with Gasteiger partial charge in [-0.3, -0.25) is 4.79 Å². The summed E-state index contributed by atoms with van der Waals surface area (Å²) in [6.07, 6.45) is 0. The predicted octanol–water partition coefficient (Wildman–Crippen LogP) is 3.12. The first-order chi connectivity index (χ1) is 11.2. The SMILES string of the molecule is COc1c(OC)c2ccc(OCc3ccccc3)cc2[nH]c1=O. The van der Waals surface area contributed by atoms with Crippen molar-refractivity contribution >= 4 is 10.9 Å². The van der Waals surface area contributed by atoms with Crippen molar-refractivity contribution in [3.05, 3.63) is 64.4 Å². The van der Waals surface area contributed by atoms with Gasteiger partial charge in [0.05, 0.1) is 19.7 Å². The fourth-order valence-electron chi connectivity index (χ4n) is 2.45. The van der Waals surface area contributed by atoms with Crippen LogP contribution in [0.25, 0.3) is 10.9 Å². The lowest BCUT2D eigenvalue weighted by Crippen LogP contribution is -2.11. The Hall–Kier alpha value is -2.95. The van der Waals surface area contributed by atoms with E-state index in [0.717, 1.165) is 10.9 Å². The van der Waals surface area contributed by atoms with Crippen molar-refractivity contribution in [1.82, 2.24) is 4.98 Å². The molecule has 1 aromatic heterocycles. The third-order valence-corrected chi connectivity index (χ3v) is 3.55. The number of hydrogen-bond acceptors (Lipinski definition) is 4. The molecule has 1 N–H and O–H groups in total. The van der Waals surface area contributed by atoms with Crippen LogP contribution in [0.5, 0.6) is 17.2 Å². The topological polar surface area (TPSA) is 60.6 Å². The fraction of sp³-hybridized carbons (Fsp3) is 0.167. The van der Waals surface area contributed by atoms with Crippen LogP contribution in [0.3, 0.4) is 0 Å². The molecule has 0 aliphatic carbocycles. The van der Waals surface area contributed by atoms with Gasteiger partial charge in [0.15, 0.2) is 5.75 Å². The van der Waals surface area contributed by atoms with E-state index in [2.05, 4.69) is 4.98 Å². The molecule has 3 aromatic rings. The summed E-state index contributed by atoms with van der Waals surface area (Å²) in [6, 6.07) is 15.3. The molecule has 5 heteroatoms. The van der Waals surface area contributed by atoms with E-state index in [1.807, 2.05) is 42.5 Å². The molecule has 5 nitrogen and oxygen atoms in total. The molecular formula is C18H17NO4. The zero-order valence-corrected chi connectivity index (χ0v) is 13.0. The van der Waals surface area contributed by atoms with Crippen LogP contribution in [-0.4, -0.2) is 19.2 Å². The molecule has 0 atom stereocenters. The van der Waals surface area contributed by atoms with Gasteiger partial charge in [0.1, 0.15) is 12.4 Å². The molecule has 23 heavy (non-hydrogen) atoms. The van der Waals surface area contributed by atoms with E-state index in [-0.39, 0.29) is 11.3 Å². The van der Waals surface area contributed by atoms with Crippen molar-refractivity contribution in [2.75, 3.05) is 14.2 Å². The van der Waals surface area contributed by atoms with Gasteiger partial charge in [0.25, 0.3) is 5.56 Å². The summed E-state index contributed by atoms with van der Waals surface area (Å²) in [7, 11) is 2.95. The minimum Gasteiger partial charge on any atom is -0.492 e. The van der Waals surface area contributed by atoms with Crippen LogP contribution in [0.4, 0.5) is 0 Å². The zero-order chi connectivity index (χ0) is 16.2. The van der Waals surface area contributed by atoms with Gasteiger partial charge in [-0.1, -0.05) is 30.3 Å². The Bertz CT molecular complexity index is 871. The van der Waals surface area contributed by atoms with Crippen LogP contribution < -0.4 is 19.8 Å². The van der Waals surface area contributed by atoms with Gasteiger partial charge in [-0.15, -0.1) is 0 Å². The summed E-state index contributed by atoms with van der Waals surface area (Å²) in [5, 5.41) is 0.760. The normalized spacial score (nSPS) is 10.5. The van der Waals surface area contributed by atoms with Crippen LogP contribution in [0, 0.1) is 0 Å². The summed E-state index contributed by atoms with van der Waals surface area (Å²) in [4.78, 5) is 14.8. The van der Waals surface area contributed by atoms with Gasteiger partial charge in [0.2, 0.25) is 5.75 Å². The van der Waals surface area contributed by atoms with Crippen molar-refractivity contribution in [2.24, 2.45) is 0 Å². The van der Waals surface area contributed by atoms with Crippen molar-refractivity contribution in [3.63, 3.8) is 0 Å². The third kappa shape index (κ3) is 2.99. The second-order valence-corrected chi connectivity index (χ2v) is 5.00. The minimum absolute atomic E-state index is 0.165. The van der Waals surface area contributed by atoms with Crippen molar-refractivity contribution in [1.29, 1.82) is 0 Å². The van der Waals surface area contributed by atoms with Crippen LogP contribution >= 0.6 is 0 Å². The maximum absolute atomic E-state index is 12.0. The van der Waals surface area contributed by atoms with Gasteiger partial charge in [0, 0.05) is 11.5 Å². The molecule has 0 spiro atoms. The van der Waals surface area contributed by atoms with E-state index in [1.165, 1.54) is 14.2 Å². The number of ether oxygens (including phenoxy) is 3. The molecule has 0 fully saturated rings. The Morgan fingerprint density at radius 3 is 2.39 bits per heavy atom. The van der Waals surface area contributed by atoms with Crippen LogP contribution in [0.2, 0.25) is 0 Å². The molecule has 0 aliphatic heterocycles. The van der Waals surface area contributed by atoms with Gasteiger partial charge < -0.3 is 19.2 Å². The summed E-state index contributed by atoms with van der Waals surface area (Å²) in [5.41, 5.74) is 1.38. The van der Waals surface area contributed by atoms with E-state index < -0.39 is 0 Å². The predicted molar refractivity (Wildman–Crippen MR) is 88.4 cm³/mol. The molecule has 0 bridgehead atoms. The lowest BCUT2D eigenvalue weighted by atomic mass is 10.2. The molecule has 1 heterocycles. The van der Waals surface area contributed by atoms with Crippen molar-refractivity contribution in [3.8, 4) is 17.2 Å². The summed E-state index contributed by atoms with van der Waals surface area (Å²) in [5.74, 6) is 1.25. The second-order valence-electron chi connectivity index (χ2n) is 5.00. The molecule has 0 saturated heterocycles. The van der Waals surface area contributed by atoms with E-state index in [1.54, 1.807) is 6.07 Å². The van der Waals surface area contributed by atoms with E-state index in [4.69, 9.17) is 14.2 Å². The molecule has 0 amide bonds. The first-order valence-corrected chi connectivity index (χ1v) is 7.17. The maximum Gasteiger partial charge on any atom is 0.294 e. The van der Waals surface area contributed by atoms with Gasteiger partial charge >= 0.3 is 0 Å². The van der Waals surface area contributed by atoms with E-state index in [0.29, 0.717) is 23.6 Å². The third-order valence-electron chi connectivity index (χ3n) is 3.55. The highest BCUT2D eigenvalue weighted by molar-refractivity contribution is 5.88. The molecule has 118 valence electrons. The highest BCUT2D eigenvalue weighted by Crippen LogP contribution is 2.32. The van der Waals surface area contributed by atoms with Crippen LogP contribution in [0.1, 0.15) is 5.56 Å². The lowest BCUT2D eigenvalue weighted by molar-refractivity contribution is 0.306.